The molecule has 0 heterocycles. The summed E-state index contributed by atoms with van der Waals surface area (Å²) < 4.78 is 5.48. The van der Waals surface area contributed by atoms with Crippen molar-refractivity contribution < 1.29 is 14.3 Å². The predicted octanol–water partition coefficient (Wildman–Crippen LogP) is 8.49. The summed E-state index contributed by atoms with van der Waals surface area (Å²) in [6, 6.07) is 0.154. The van der Waals surface area contributed by atoms with Crippen molar-refractivity contribution in [3.63, 3.8) is 0 Å². The van der Waals surface area contributed by atoms with Crippen molar-refractivity contribution in [1.82, 2.24) is 5.32 Å². The average molecular weight is 526 g/mol. The fourth-order valence-electron chi connectivity index (χ4n) is 11.5. The lowest BCUT2D eigenvalue weighted by atomic mass is 9.33. The van der Waals surface area contributed by atoms with E-state index in [4.69, 9.17) is 4.74 Å². The van der Waals surface area contributed by atoms with E-state index in [0.29, 0.717) is 29.5 Å². The molecule has 0 aromatic carbocycles. The molecule has 5 aliphatic rings. The molecule has 1 unspecified atom stereocenters. The second-order valence-electron chi connectivity index (χ2n) is 16.3. The van der Waals surface area contributed by atoms with E-state index in [1.807, 2.05) is 13.8 Å². The van der Waals surface area contributed by atoms with Gasteiger partial charge in [0.25, 0.3) is 0 Å². The first-order valence-electron chi connectivity index (χ1n) is 15.8. The van der Waals surface area contributed by atoms with Gasteiger partial charge in [0.05, 0.1) is 6.10 Å². The Balaban J connectivity index is 1.48. The third-order valence-electron chi connectivity index (χ3n) is 13.4. The molecule has 38 heavy (non-hydrogen) atoms. The molecular weight excluding hydrogens is 470 g/mol. The predicted molar refractivity (Wildman–Crippen MR) is 154 cm³/mol. The summed E-state index contributed by atoms with van der Waals surface area (Å²) in [6.07, 6.45) is 9.97. The van der Waals surface area contributed by atoms with E-state index in [9.17, 15) is 9.59 Å². The topological polar surface area (TPSA) is 55.4 Å². The highest BCUT2D eigenvalue weighted by Gasteiger charge is 2.69. The monoisotopic (exact) mass is 525 g/mol. The molecule has 1 N–H and O–H groups in total. The number of ketones is 1. The van der Waals surface area contributed by atoms with E-state index < -0.39 is 0 Å². The third kappa shape index (κ3) is 3.73. The first kappa shape index (κ1) is 28.2. The van der Waals surface area contributed by atoms with Gasteiger partial charge < -0.3 is 10.1 Å². The molecule has 4 heteroatoms. The van der Waals surface area contributed by atoms with Gasteiger partial charge >= 0.3 is 6.09 Å². The fourth-order valence-corrected chi connectivity index (χ4v) is 11.5. The van der Waals surface area contributed by atoms with Crippen molar-refractivity contribution in [3.05, 3.63) is 11.1 Å². The van der Waals surface area contributed by atoms with E-state index in [-0.39, 0.29) is 45.3 Å². The van der Waals surface area contributed by atoms with Crippen LogP contribution < -0.4 is 5.32 Å². The van der Waals surface area contributed by atoms with Crippen LogP contribution in [0.4, 0.5) is 4.79 Å². The molecular formula is C34H55NO3. The number of hydrogen-bond donors (Lipinski definition) is 1. The average Bonchev–Trinajstić information content (AvgIpc) is 3.06. The minimum Gasteiger partial charge on any atom is -0.447 e. The molecule has 4 saturated carbocycles. The summed E-state index contributed by atoms with van der Waals surface area (Å²) in [5.74, 6) is 2.57. The normalized spacial score (nSPS) is 45.8. The molecule has 214 valence electrons. The Bertz CT molecular complexity index is 1040. The summed E-state index contributed by atoms with van der Waals surface area (Å²) in [4.78, 5) is 25.9. The van der Waals surface area contributed by atoms with Gasteiger partial charge in [-0.25, -0.2) is 4.79 Å². The molecule has 0 saturated heterocycles. The zero-order chi connectivity index (χ0) is 28.1. The van der Waals surface area contributed by atoms with Gasteiger partial charge in [0.2, 0.25) is 0 Å². The molecule has 0 bridgehead atoms. The van der Waals surface area contributed by atoms with Crippen LogP contribution >= 0.6 is 0 Å². The van der Waals surface area contributed by atoms with E-state index in [0.717, 1.165) is 19.3 Å². The van der Waals surface area contributed by atoms with Crippen LogP contribution in [0.3, 0.4) is 0 Å². The van der Waals surface area contributed by atoms with Gasteiger partial charge in [-0.2, -0.15) is 0 Å². The van der Waals surface area contributed by atoms with Gasteiger partial charge in [-0.1, -0.05) is 61.0 Å². The Labute approximate surface area is 232 Å². The highest BCUT2D eigenvalue weighted by Crippen LogP contribution is 2.76. The number of carbonyl (C=O) groups excluding carboxylic acids is 2. The van der Waals surface area contributed by atoms with Gasteiger partial charge in [-0.3, -0.25) is 4.79 Å². The molecule has 4 nitrogen and oxygen atoms in total. The smallest absolute Gasteiger partial charge is 0.407 e. The number of amides is 1. The van der Waals surface area contributed by atoms with Crippen molar-refractivity contribution in [3.8, 4) is 0 Å². The number of ether oxygens (including phenoxy) is 1. The quantitative estimate of drug-likeness (QED) is 0.402. The number of carbonyl (C=O) groups is 2. The fraction of sp³-hybridized carbons (Fsp3) is 0.882. The Morgan fingerprint density at radius 3 is 2.16 bits per heavy atom. The first-order valence-corrected chi connectivity index (χ1v) is 15.8. The lowest BCUT2D eigenvalue weighted by Crippen LogP contribution is -2.66. The van der Waals surface area contributed by atoms with Crippen LogP contribution in [0, 0.1) is 50.7 Å². The highest BCUT2D eigenvalue weighted by molar-refractivity contribution is 6.00. The summed E-state index contributed by atoms with van der Waals surface area (Å²) in [6.45, 7) is 23.4. The van der Waals surface area contributed by atoms with Gasteiger partial charge in [-0.05, 0) is 122 Å². The molecule has 0 aromatic heterocycles. The zero-order valence-electron chi connectivity index (χ0n) is 26.1. The van der Waals surface area contributed by atoms with Crippen LogP contribution in [0.25, 0.3) is 0 Å². The molecule has 1 amide bonds. The number of allylic oxidation sites excluding steroid dienone is 2. The maximum absolute atomic E-state index is 13.3. The van der Waals surface area contributed by atoms with Gasteiger partial charge in [0.15, 0.2) is 5.78 Å². The molecule has 0 radical (unpaired) electrons. The van der Waals surface area contributed by atoms with Crippen LogP contribution in [0.15, 0.2) is 11.1 Å². The lowest BCUT2D eigenvalue weighted by Gasteiger charge is -2.72. The van der Waals surface area contributed by atoms with E-state index in [1.54, 1.807) is 5.57 Å². The molecule has 0 spiro atoms. The Kier molecular flexibility index (Phi) is 6.56. The molecule has 5 rings (SSSR count). The van der Waals surface area contributed by atoms with E-state index >= 15 is 0 Å². The van der Waals surface area contributed by atoms with Crippen LogP contribution in [0.2, 0.25) is 0 Å². The van der Waals surface area contributed by atoms with Crippen molar-refractivity contribution >= 4 is 11.9 Å². The number of rotatable bonds is 3. The third-order valence-corrected chi connectivity index (χ3v) is 13.4. The van der Waals surface area contributed by atoms with Crippen molar-refractivity contribution in [2.75, 3.05) is 0 Å². The molecule has 4 fully saturated rings. The highest BCUT2D eigenvalue weighted by atomic mass is 16.6. The molecule has 5 aliphatic carbocycles. The van der Waals surface area contributed by atoms with Gasteiger partial charge in [-0.15, -0.1) is 0 Å². The summed E-state index contributed by atoms with van der Waals surface area (Å²) in [5, 5.41) is 3.27. The second kappa shape index (κ2) is 8.84. The summed E-state index contributed by atoms with van der Waals surface area (Å²) in [5.41, 5.74) is 3.67. The number of nitrogens with one attached hydrogen (secondary N) is 1. The van der Waals surface area contributed by atoms with Crippen LogP contribution in [0.1, 0.15) is 127 Å². The summed E-state index contributed by atoms with van der Waals surface area (Å²) >= 11 is 0. The van der Waals surface area contributed by atoms with Crippen molar-refractivity contribution in [1.29, 1.82) is 0 Å². The van der Waals surface area contributed by atoms with Crippen molar-refractivity contribution in [2.45, 2.75) is 139 Å². The van der Waals surface area contributed by atoms with Crippen molar-refractivity contribution in [2.24, 2.45) is 50.7 Å². The number of alkyl carbamates (subject to hydrolysis) is 1. The maximum atomic E-state index is 13.3. The Hall–Kier alpha value is -1.32. The second-order valence-corrected chi connectivity index (χ2v) is 16.3. The number of Topliss-reactive ketones (excluding diaryl/α,β-unsaturated/α-hetero) is 1. The van der Waals surface area contributed by atoms with Crippen LogP contribution in [-0.4, -0.2) is 24.0 Å². The minimum absolute atomic E-state index is 0.0262. The first-order chi connectivity index (χ1) is 17.5. The van der Waals surface area contributed by atoms with Crippen LogP contribution in [0.5, 0.6) is 0 Å². The Morgan fingerprint density at radius 1 is 0.842 bits per heavy atom. The van der Waals surface area contributed by atoms with E-state index in [2.05, 4.69) is 60.7 Å². The number of hydrogen-bond acceptors (Lipinski definition) is 3. The maximum Gasteiger partial charge on any atom is 0.407 e. The van der Waals surface area contributed by atoms with E-state index in [1.165, 1.54) is 44.1 Å². The Morgan fingerprint density at radius 2 is 1.53 bits per heavy atom. The van der Waals surface area contributed by atoms with Crippen LogP contribution in [-0.2, 0) is 9.53 Å². The molecule has 8 atom stereocenters. The zero-order valence-corrected chi connectivity index (χ0v) is 26.1. The molecule has 0 aliphatic heterocycles. The SMILES string of the molecule is CC(C)OC(=O)NC1CC[C@]2(C)[C@H]3CC[C@@H]4C5=C(C(C)C)C(=O)C[C@]5(C)CC[C@@]4(C)[C@]3(C)CC[C@H]2C1(C)C. The van der Waals surface area contributed by atoms with Gasteiger partial charge in [0, 0.05) is 12.5 Å². The standard InChI is InChI=1S/C34H55NO3/c1-20(2)27-23(36)19-31(7)17-18-33(9)22(28(27)31)11-12-25-32(8)15-14-26(35-29(37)38-21(3)4)30(5,6)24(32)13-16-34(25,33)10/h20-22,24-26H,11-19H2,1-10H3,(H,35,37)/t22-,24+,25-,26?,31+,32+,33-,34-/m1/s1. The number of fused-ring (bicyclic) bond motifs is 7. The largest absolute Gasteiger partial charge is 0.447 e. The van der Waals surface area contributed by atoms with Gasteiger partial charge in [0.1, 0.15) is 0 Å². The minimum atomic E-state index is -0.263. The summed E-state index contributed by atoms with van der Waals surface area (Å²) in [7, 11) is 0. The lowest BCUT2D eigenvalue weighted by molar-refractivity contribution is -0.215. The molecule has 0 aromatic rings.